The van der Waals surface area contributed by atoms with Gasteiger partial charge in [0.1, 0.15) is 0 Å². The number of benzene rings is 1. The molecule has 2 N–H and O–H groups in total. The van der Waals surface area contributed by atoms with Crippen molar-refractivity contribution in [1.82, 2.24) is 0 Å². The zero-order valence-electron chi connectivity index (χ0n) is 9.00. The lowest BCUT2D eigenvalue weighted by atomic mass is 10.0. The van der Waals surface area contributed by atoms with E-state index in [9.17, 15) is 13.2 Å². The lowest BCUT2D eigenvalue weighted by molar-refractivity contribution is -0.132. The smallest absolute Gasteiger partial charge is 0.358 e. The molecule has 0 amide bonds. The van der Waals surface area contributed by atoms with Crippen molar-refractivity contribution in [2.75, 3.05) is 7.11 Å². The van der Waals surface area contributed by atoms with Gasteiger partial charge in [0.15, 0.2) is 5.71 Å². The molecule has 0 aromatic heterocycles. The molecule has 1 aliphatic heterocycles. The largest absolute Gasteiger partial charge is 0.464 e. The van der Waals surface area contributed by atoms with Gasteiger partial charge < -0.3 is 10.5 Å². The van der Waals surface area contributed by atoms with Crippen LogP contribution in [0, 0.1) is 0 Å². The SMILES string of the molecule is COC(=O)C1=NS(=O)(=O)c2cccc(CN)c21. The van der Waals surface area contributed by atoms with Crippen LogP contribution in [0.4, 0.5) is 0 Å². The molecule has 7 heteroatoms. The Morgan fingerprint density at radius 1 is 1.47 bits per heavy atom. The second-order valence-corrected chi connectivity index (χ2v) is 4.97. The van der Waals surface area contributed by atoms with E-state index in [4.69, 9.17) is 5.73 Å². The van der Waals surface area contributed by atoms with E-state index in [1.807, 2.05) is 0 Å². The van der Waals surface area contributed by atoms with E-state index >= 15 is 0 Å². The van der Waals surface area contributed by atoms with Crippen LogP contribution in [0.15, 0.2) is 27.5 Å². The number of rotatable bonds is 2. The van der Waals surface area contributed by atoms with Crippen LogP contribution in [0.5, 0.6) is 0 Å². The number of fused-ring (bicyclic) bond motifs is 1. The summed E-state index contributed by atoms with van der Waals surface area (Å²) in [6.45, 7) is 0.120. The summed E-state index contributed by atoms with van der Waals surface area (Å²) in [5.41, 5.74) is 6.11. The Morgan fingerprint density at radius 2 is 2.18 bits per heavy atom. The van der Waals surface area contributed by atoms with E-state index in [1.54, 1.807) is 12.1 Å². The minimum Gasteiger partial charge on any atom is -0.464 e. The van der Waals surface area contributed by atoms with Crippen molar-refractivity contribution in [2.24, 2.45) is 10.1 Å². The third-order valence-corrected chi connectivity index (χ3v) is 3.76. The first kappa shape index (κ1) is 11.7. The van der Waals surface area contributed by atoms with E-state index in [2.05, 4.69) is 9.13 Å². The molecule has 1 aromatic rings. The molecule has 1 heterocycles. The van der Waals surface area contributed by atoms with Gasteiger partial charge in [-0.25, -0.2) is 4.79 Å². The van der Waals surface area contributed by atoms with Crippen molar-refractivity contribution in [3.63, 3.8) is 0 Å². The standard InChI is InChI=1S/C10H10N2O4S/c1-16-10(13)9-8-6(5-11)3-2-4-7(8)17(14,15)12-9/h2-4H,5,11H2,1H3. The normalized spacial score (nSPS) is 16.2. The summed E-state index contributed by atoms with van der Waals surface area (Å²) in [7, 11) is -2.64. The van der Waals surface area contributed by atoms with Gasteiger partial charge in [0.25, 0.3) is 10.0 Å². The maximum Gasteiger partial charge on any atom is 0.358 e. The van der Waals surface area contributed by atoms with Crippen molar-refractivity contribution < 1.29 is 17.9 Å². The maximum atomic E-state index is 11.7. The van der Waals surface area contributed by atoms with Crippen LogP contribution in [0.1, 0.15) is 11.1 Å². The highest BCUT2D eigenvalue weighted by Crippen LogP contribution is 2.29. The Bertz CT molecular complexity index is 619. The van der Waals surface area contributed by atoms with Crippen molar-refractivity contribution in [3.8, 4) is 0 Å². The Labute approximate surface area is 98.2 Å². The molecular formula is C10H10N2O4S. The van der Waals surface area contributed by atoms with Gasteiger partial charge in [0.2, 0.25) is 0 Å². The summed E-state index contributed by atoms with van der Waals surface area (Å²) < 4.78 is 31.4. The molecule has 17 heavy (non-hydrogen) atoms. The van der Waals surface area contributed by atoms with Gasteiger partial charge in [0.05, 0.1) is 12.0 Å². The number of sulfonamides is 1. The zero-order chi connectivity index (χ0) is 12.6. The number of nitrogens with two attached hydrogens (primary N) is 1. The first-order valence-electron chi connectivity index (χ1n) is 4.77. The fourth-order valence-electron chi connectivity index (χ4n) is 1.68. The molecule has 0 radical (unpaired) electrons. The van der Waals surface area contributed by atoms with Gasteiger partial charge in [-0.05, 0) is 11.6 Å². The average Bonchev–Trinajstić information content (AvgIpc) is 2.61. The lowest BCUT2D eigenvalue weighted by Gasteiger charge is -2.05. The quantitative estimate of drug-likeness (QED) is 0.737. The molecule has 0 atom stereocenters. The number of carbonyl (C=O) groups is 1. The number of hydrogen-bond donors (Lipinski definition) is 1. The molecule has 0 aliphatic carbocycles. The summed E-state index contributed by atoms with van der Waals surface area (Å²) in [5, 5.41) is 0. The average molecular weight is 254 g/mol. The van der Waals surface area contributed by atoms with Gasteiger partial charge in [-0.2, -0.15) is 12.8 Å². The minimum absolute atomic E-state index is 0.000787. The Hall–Kier alpha value is -1.73. The molecule has 0 spiro atoms. The van der Waals surface area contributed by atoms with Crippen molar-refractivity contribution in [2.45, 2.75) is 11.4 Å². The predicted molar refractivity (Wildman–Crippen MR) is 60.1 cm³/mol. The second-order valence-electron chi connectivity index (χ2n) is 3.40. The number of esters is 1. The van der Waals surface area contributed by atoms with Crippen LogP contribution in [0.25, 0.3) is 0 Å². The summed E-state index contributed by atoms with van der Waals surface area (Å²) in [5.74, 6) is -0.784. The molecule has 0 bridgehead atoms. The fraction of sp³-hybridized carbons (Fsp3) is 0.200. The molecule has 6 nitrogen and oxygen atoms in total. The van der Waals surface area contributed by atoms with Gasteiger partial charge in [-0.15, -0.1) is 0 Å². The molecule has 1 aromatic carbocycles. The summed E-state index contributed by atoms with van der Waals surface area (Å²) in [6.07, 6.45) is 0. The Kier molecular flexibility index (Phi) is 2.72. The van der Waals surface area contributed by atoms with E-state index < -0.39 is 16.0 Å². The molecule has 0 unspecified atom stereocenters. The number of ether oxygens (including phenoxy) is 1. The molecular weight excluding hydrogens is 244 g/mol. The van der Waals surface area contributed by atoms with E-state index in [0.717, 1.165) is 0 Å². The molecule has 1 aliphatic rings. The number of nitrogens with zero attached hydrogens (tertiary/aromatic N) is 1. The maximum absolute atomic E-state index is 11.7. The van der Waals surface area contributed by atoms with Crippen molar-refractivity contribution in [3.05, 3.63) is 29.3 Å². The Balaban J connectivity index is 2.76. The van der Waals surface area contributed by atoms with Crippen LogP contribution in [0.3, 0.4) is 0 Å². The Morgan fingerprint density at radius 3 is 2.76 bits per heavy atom. The van der Waals surface area contributed by atoms with Crippen LogP contribution in [0.2, 0.25) is 0 Å². The van der Waals surface area contributed by atoms with Crippen LogP contribution in [-0.2, 0) is 26.1 Å². The van der Waals surface area contributed by atoms with Gasteiger partial charge >= 0.3 is 5.97 Å². The highest BCUT2D eigenvalue weighted by Gasteiger charge is 2.34. The minimum atomic E-state index is -3.81. The highest BCUT2D eigenvalue weighted by atomic mass is 32.2. The topological polar surface area (TPSA) is 98.8 Å². The molecule has 90 valence electrons. The third-order valence-electron chi connectivity index (χ3n) is 2.44. The number of methoxy groups -OCH3 is 1. The lowest BCUT2D eigenvalue weighted by Crippen LogP contribution is -2.18. The van der Waals surface area contributed by atoms with E-state index in [1.165, 1.54) is 13.2 Å². The van der Waals surface area contributed by atoms with E-state index in [-0.39, 0.29) is 22.7 Å². The van der Waals surface area contributed by atoms with Crippen LogP contribution in [-0.4, -0.2) is 27.2 Å². The molecule has 0 fully saturated rings. The highest BCUT2D eigenvalue weighted by molar-refractivity contribution is 7.90. The summed E-state index contributed by atoms with van der Waals surface area (Å²) >= 11 is 0. The van der Waals surface area contributed by atoms with Gasteiger partial charge in [0, 0.05) is 12.1 Å². The third kappa shape index (κ3) is 1.73. The predicted octanol–water partition coefficient (Wildman–Crippen LogP) is -0.190. The molecule has 0 saturated carbocycles. The first-order valence-corrected chi connectivity index (χ1v) is 6.21. The van der Waals surface area contributed by atoms with Crippen molar-refractivity contribution in [1.29, 1.82) is 0 Å². The molecule has 2 rings (SSSR count). The monoisotopic (exact) mass is 254 g/mol. The zero-order valence-corrected chi connectivity index (χ0v) is 9.82. The fourth-order valence-corrected chi connectivity index (χ4v) is 2.92. The van der Waals surface area contributed by atoms with Crippen molar-refractivity contribution >= 4 is 21.7 Å². The van der Waals surface area contributed by atoms with Gasteiger partial charge in [-0.3, -0.25) is 0 Å². The summed E-state index contributed by atoms with van der Waals surface area (Å²) in [4.78, 5) is 11.5. The second kappa shape index (κ2) is 3.94. The van der Waals surface area contributed by atoms with Crippen LogP contribution >= 0.6 is 0 Å². The first-order chi connectivity index (χ1) is 8.01. The summed E-state index contributed by atoms with van der Waals surface area (Å²) in [6, 6.07) is 4.61. The molecule has 0 saturated heterocycles. The number of carbonyl (C=O) groups excluding carboxylic acids is 1. The van der Waals surface area contributed by atoms with Gasteiger partial charge in [-0.1, -0.05) is 12.1 Å². The van der Waals surface area contributed by atoms with E-state index in [0.29, 0.717) is 5.56 Å². The van der Waals surface area contributed by atoms with Crippen LogP contribution < -0.4 is 5.73 Å². The number of hydrogen-bond acceptors (Lipinski definition) is 5.